The Morgan fingerprint density at radius 3 is 2.14 bits per heavy atom. The molecule has 0 saturated heterocycles. The van der Waals surface area contributed by atoms with Gasteiger partial charge in [0.25, 0.3) is 0 Å². The molecule has 0 amide bonds. The van der Waals surface area contributed by atoms with E-state index in [1.165, 1.54) is 0 Å². The largest absolute Gasteiger partial charge is 0.508 e. The van der Waals surface area contributed by atoms with Crippen LogP contribution in [0.4, 0.5) is 0 Å². The summed E-state index contributed by atoms with van der Waals surface area (Å²) in [6.45, 7) is 2.42. The van der Waals surface area contributed by atoms with E-state index in [2.05, 4.69) is 4.72 Å². The highest BCUT2D eigenvalue weighted by Gasteiger charge is 2.12. The minimum atomic E-state index is -3.44. The SMILES string of the molecule is CCc1ccc(S(=O)(=O)NCCCc2ccc(O)cc2)cc1. The van der Waals surface area contributed by atoms with E-state index in [0.717, 1.165) is 24.0 Å². The molecule has 0 fully saturated rings. The van der Waals surface area contributed by atoms with Crippen LogP contribution in [0.5, 0.6) is 5.75 Å². The molecular formula is C17H21NO3S. The molecule has 2 rings (SSSR count). The van der Waals surface area contributed by atoms with Crippen LogP contribution in [-0.4, -0.2) is 20.1 Å². The van der Waals surface area contributed by atoms with E-state index in [1.54, 1.807) is 24.3 Å². The van der Waals surface area contributed by atoms with Gasteiger partial charge in [0.15, 0.2) is 0 Å². The van der Waals surface area contributed by atoms with Gasteiger partial charge in [0.2, 0.25) is 10.0 Å². The number of nitrogens with one attached hydrogen (secondary N) is 1. The summed E-state index contributed by atoms with van der Waals surface area (Å²) in [6.07, 6.45) is 2.36. The van der Waals surface area contributed by atoms with E-state index in [9.17, 15) is 13.5 Å². The lowest BCUT2D eigenvalue weighted by molar-refractivity contribution is 0.475. The third-order valence-electron chi connectivity index (χ3n) is 3.51. The first-order valence-electron chi connectivity index (χ1n) is 7.38. The number of benzene rings is 2. The summed E-state index contributed by atoms with van der Waals surface area (Å²) in [4.78, 5) is 0.300. The predicted molar refractivity (Wildman–Crippen MR) is 87.4 cm³/mol. The molecule has 5 heteroatoms. The Labute approximate surface area is 131 Å². The fraction of sp³-hybridized carbons (Fsp3) is 0.294. The van der Waals surface area contributed by atoms with Crippen molar-refractivity contribution in [3.63, 3.8) is 0 Å². The number of hydrogen-bond acceptors (Lipinski definition) is 3. The quantitative estimate of drug-likeness (QED) is 0.771. The van der Waals surface area contributed by atoms with E-state index in [4.69, 9.17) is 0 Å². The van der Waals surface area contributed by atoms with Crippen LogP contribution >= 0.6 is 0 Å². The molecule has 0 bridgehead atoms. The minimum Gasteiger partial charge on any atom is -0.508 e. The van der Waals surface area contributed by atoms with Crippen LogP contribution in [0.3, 0.4) is 0 Å². The number of sulfonamides is 1. The van der Waals surface area contributed by atoms with E-state index >= 15 is 0 Å². The second-order valence-corrected chi connectivity index (χ2v) is 6.93. The Morgan fingerprint density at radius 1 is 0.955 bits per heavy atom. The van der Waals surface area contributed by atoms with Gasteiger partial charge in [-0.25, -0.2) is 13.1 Å². The van der Waals surface area contributed by atoms with Crippen LogP contribution in [-0.2, 0) is 22.9 Å². The first kappa shape index (κ1) is 16.5. The zero-order valence-electron chi connectivity index (χ0n) is 12.6. The maximum absolute atomic E-state index is 12.1. The standard InChI is InChI=1S/C17H21NO3S/c1-2-14-7-11-17(12-8-14)22(20,21)18-13-3-4-15-5-9-16(19)10-6-15/h5-12,18-19H,2-4,13H2,1H3. The van der Waals surface area contributed by atoms with Crippen LogP contribution in [0, 0.1) is 0 Å². The van der Waals surface area contributed by atoms with Crippen molar-refractivity contribution in [2.24, 2.45) is 0 Å². The highest BCUT2D eigenvalue weighted by molar-refractivity contribution is 7.89. The lowest BCUT2D eigenvalue weighted by atomic mass is 10.1. The zero-order chi connectivity index (χ0) is 16.0. The average molecular weight is 319 g/mol. The Kier molecular flexibility index (Phi) is 5.57. The highest BCUT2D eigenvalue weighted by Crippen LogP contribution is 2.12. The van der Waals surface area contributed by atoms with Gasteiger partial charge in [0.05, 0.1) is 4.90 Å². The lowest BCUT2D eigenvalue weighted by Crippen LogP contribution is -2.25. The molecule has 0 saturated carbocycles. The Bertz CT molecular complexity index is 692. The molecule has 0 heterocycles. The van der Waals surface area contributed by atoms with Gasteiger partial charge < -0.3 is 5.11 Å². The molecule has 0 unspecified atom stereocenters. The van der Waals surface area contributed by atoms with Gasteiger partial charge in [-0.05, 0) is 54.7 Å². The van der Waals surface area contributed by atoms with E-state index in [-0.39, 0.29) is 5.75 Å². The molecule has 0 aliphatic rings. The number of phenolic OH excluding ortho intramolecular Hbond substituents is 1. The topological polar surface area (TPSA) is 66.4 Å². The molecule has 0 atom stereocenters. The molecule has 22 heavy (non-hydrogen) atoms. The molecule has 118 valence electrons. The molecular weight excluding hydrogens is 298 g/mol. The maximum Gasteiger partial charge on any atom is 0.240 e. The summed E-state index contributed by atoms with van der Waals surface area (Å²) in [5, 5.41) is 9.21. The third-order valence-corrected chi connectivity index (χ3v) is 4.99. The summed E-state index contributed by atoms with van der Waals surface area (Å²) in [6, 6.07) is 13.9. The summed E-state index contributed by atoms with van der Waals surface area (Å²) >= 11 is 0. The zero-order valence-corrected chi connectivity index (χ0v) is 13.4. The fourth-order valence-electron chi connectivity index (χ4n) is 2.15. The first-order chi connectivity index (χ1) is 10.5. The number of rotatable bonds is 7. The summed E-state index contributed by atoms with van der Waals surface area (Å²) < 4.78 is 26.9. The molecule has 0 radical (unpaired) electrons. The second-order valence-electron chi connectivity index (χ2n) is 5.17. The van der Waals surface area contributed by atoms with Crippen LogP contribution in [0.2, 0.25) is 0 Å². The van der Waals surface area contributed by atoms with Gasteiger partial charge in [-0.2, -0.15) is 0 Å². The van der Waals surface area contributed by atoms with Crippen molar-refractivity contribution >= 4 is 10.0 Å². The molecule has 4 nitrogen and oxygen atoms in total. The van der Waals surface area contributed by atoms with Gasteiger partial charge in [0, 0.05) is 6.54 Å². The summed E-state index contributed by atoms with van der Waals surface area (Å²) in [7, 11) is -3.44. The van der Waals surface area contributed by atoms with Crippen LogP contribution in [0.15, 0.2) is 53.4 Å². The molecule has 0 aliphatic carbocycles. The van der Waals surface area contributed by atoms with Gasteiger partial charge in [0.1, 0.15) is 5.75 Å². The Hall–Kier alpha value is -1.85. The number of hydrogen-bond donors (Lipinski definition) is 2. The summed E-state index contributed by atoms with van der Waals surface area (Å²) in [5.41, 5.74) is 2.19. The van der Waals surface area contributed by atoms with Crippen LogP contribution < -0.4 is 4.72 Å². The normalized spacial score (nSPS) is 11.5. The molecule has 2 N–H and O–H groups in total. The van der Waals surface area contributed by atoms with E-state index < -0.39 is 10.0 Å². The molecule has 2 aromatic carbocycles. The number of aryl methyl sites for hydroxylation is 2. The van der Waals surface area contributed by atoms with E-state index in [1.807, 2.05) is 31.2 Å². The van der Waals surface area contributed by atoms with Crippen molar-refractivity contribution in [2.45, 2.75) is 31.1 Å². The van der Waals surface area contributed by atoms with E-state index in [0.29, 0.717) is 17.9 Å². The molecule has 2 aromatic rings. The average Bonchev–Trinajstić information content (AvgIpc) is 2.53. The fourth-order valence-corrected chi connectivity index (χ4v) is 3.22. The Balaban J connectivity index is 1.85. The van der Waals surface area contributed by atoms with Crippen molar-refractivity contribution in [1.82, 2.24) is 4.72 Å². The van der Waals surface area contributed by atoms with Crippen molar-refractivity contribution in [3.8, 4) is 5.75 Å². The Morgan fingerprint density at radius 2 is 1.55 bits per heavy atom. The van der Waals surface area contributed by atoms with Crippen molar-refractivity contribution in [1.29, 1.82) is 0 Å². The van der Waals surface area contributed by atoms with Crippen molar-refractivity contribution < 1.29 is 13.5 Å². The molecule has 0 aliphatic heterocycles. The number of phenols is 1. The van der Waals surface area contributed by atoms with Gasteiger partial charge in [-0.15, -0.1) is 0 Å². The predicted octanol–water partition coefficient (Wildman–Crippen LogP) is 2.87. The van der Waals surface area contributed by atoms with Gasteiger partial charge in [-0.1, -0.05) is 31.2 Å². The minimum absolute atomic E-state index is 0.236. The van der Waals surface area contributed by atoms with Crippen LogP contribution in [0.1, 0.15) is 24.5 Å². The van der Waals surface area contributed by atoms with Gasteiger partial charge in [-0.3, -0.25) is 0 Å². The van der Waals surface area contributed by atoms with Crippen LogP contribution in [0.25, 0.3) is 0 Å². The lowest BCUT2D eigenvalue weighted by Gasteiger charge is -2.07. The third kappa shape index (κ3) is 4.58. The van der Waals surface area contributed by atoms with Crippen molar-refractivity contribution in [3.05, 3.63) is 59.7 Å². The summed E-state index contributed by atoms with van der Waals surface area (Å²) in [5.74, 6) is 0.236. The molecule has 0 spiro atoms. The first-order valence-corrected chi connectivity index (χ1v) is 8.86. The maximum atomic E-state index is 12.1. The smallest absolute Gasteiger partial charge is 0.240 e. The molecule has 0 aromatic heterocycles. The second kappa shape index (κ2) is 7.42. The number of aromatic hydroxyl groups is 1. The van der Waals surface area contributed by atoms with Gasteiger partial charge >= 0.3 is 0 Å². The highest BCUT2D eigenvalue weighted by atomic mass is 32.2. The van der Waals surface area contributed by atoms with Crippen molar-refractivity contribution in [2.75, 3.05) is 6.54 Å². The monoisotopic (exact) mass is 319 g/mol.